The summed E-state index contributed by atoms with van der Waals surface area (Å²) in [6.07, 6.45) is 2.06. The predicted octanol–water partition coefficient (Wildman–Crippen LogP) is 2.87. The standard InChI is InChI=1S/C17H22N2OS/c1-21-17-9-5-8-16(15(17)12-18)19(10-11-20)13-14-6-3-2-4-7-14/h2-9,20H,10-13,18H2,1H3. The van der Waals surface area contributed by atoms with Crippen LogP contribution in [-0.4, -0.2) is 24.5 Å². The largest absolute Gasteiger partial charge is 0.395 e. The predicted molar refractivity (Wildman–Crippen MR) is 90.7 cm³/mol. The van der Waals surface area contributed by atoms with Gasteiger partial charge in [-0.3, -0.25) is 0 Å². The smallest absolute Gasteiger partial charge is 0.0606 e. The maximum atomic E-state index is 9.39. The van der Waals surface area contributed by atoms with Crippen LogP contribution in [0.1, 0.15) is 11.1 Å². The summed E-state index contributed by atoms with van der Waals surface area (Å²) in [5, 5.41) is 9.39. The van der Waals surface area contributed by atoms with Crippen LogP contribution in [0, 0.1) is 0 Å². The van der Waals surface area contributed by atoms with Crippen molar-refractivity contribution in [3.05, 3.63) is 59.7 Å². The quantitative estimate of drug-likeness (QED) is 0.772. The molecule has 0 saturated heterocycles. The molecule has 0 aliphatic rings. The van der Waals surface area contributed by atoms with E-state index in [0.29, 0.717) is 13.1 Å². The summed E-state index contributed by atoms with van der Waals surface area (Å²) >= 11 is 1.71. The number of benzene rings is 2. The van der Waals surface area contributed by atoms with Crippen LogP contribution in [0.25, 0.3) is 0 Å². The van der Waals surface area contributed by atoms with Crippen LogP contribution >= 0.6 is 11.8 Å². The minimum Gasteiger partial charge on any atom is -0.395 e. The first-order chi connectivity index (χ1) is 10.3. The molecular weight excluding hydrogens is 280 g/mol. The van der Waals surface area contributed by atoms with Gasteiger partial charge in [-0.15, -0.1) is 11.8 Å². The third-order valence-corrected chi connectivity index (χ3v) is 4.28. The van der Waals surface area contributed by atoms with Crippen LogP contribution in [0.2, 0.25) is 0 Å². The minimum atomic E-state index is 0.125. The topological polar surface area (TPSA) is 49.5 Å². The van der Waals surface area contributed by atoms with E-state index in [-0.39, 0.29) is 6.61 Å². The van der Waals surface area contributed by atoms with Crippen molar-refractivity contribution in [3.8, 4) is 0 Å². The van der Waals surface area contributed by atoms with Gasteiger partial charge in [-0.1, -0.05) is 36.4 Å². The fourth-order valence-corrected chi connectivity index (χ4v) is 3.10. The molecule has 0 bridgehead atoms. The maximum absolute atomic E-state index is 9.39. The summed E-state index contributed by atoms with van der Waals surface area (Å²) < 4.78 is 0. The van der Waals surface area contributed by atoms with E-state index in [1.165, 1.54) is 10.5 Å². The first kappa shape index (κ1) is 15.9. The molecule has 0 aromatic heterocycles. The number of aliphatic hydroxyl groups is 1. The Labute approximate surface area is 130 Å². The number of nitrogens with zero attached hydrogens (tertiary/aromatic N) is 1. The third-order valence-electron chi connectivity index (χ3n) is 3.46. The fourth-order valence-electron chi connectivity index (χ4n) is 2.46. The van der Waals surface area contributed by atoms with E-state index in [1.54, 1.807) is 11.8 Å². The summed E-state index contributed by atoms with van der Waals surface area (Å²) in [6, 6.07) is 16.5. The van der Waals surface area contributed by atoms with Crippen LogP contribution in [0.4, 0.5) is 5.69 Å². The second kappa shape index (κ2) is 8.08. The Bertz CT molecular complexity index is 560. The highest BCUT2D eigenvalue weighted by Crippen LogP contribution is 2.30. The summed E-state index contributed by atoms with van der Waals surface area (Å²) in [5.74, 6) is 0. The zero-order valence-corrected chi connectivity index (χ0v) is 13.1. The molecule has 0 atom stereocenters. The third kappa shape index (κ3) is 4.00. The lowest BCUT2D eigenvalue weighted by atomic mass is 10.1. The van der Waals surface area contributed by atoms with Gasteiger partial charge in [0.15, 0.2) is 0 Å². The normalized spacial score (nSPS) is 10.6. The van der Waals surface area contributed by atoms with E-state index in [0.717, 1.165) is 17.8 Å². The second-order valence-electron chi connectivity index (χ2n) is 4.79. The number of nitrogens with two attached hydrogens (primary N) is 1. The van der Waals surface area contributed by atoms with Crippen LogP contribution in [0.15, 0.2) is 53.4 Å². The number of hydrogen-bond acceptors (Lipinski definition) is 4. The summed E-state index contributed by atoms with van der Waals surface area (Å²) in [6.45, 7) is 2.00. The van der Waals surface area contributed by atoms with Gasteiger partial charge in [0.25, 0.3) is 0 Å². The molecule has 0 heterocycles. The lowest BCUT2D eigenvalue weighted by Gasteiger charge is -2.27. The van der Waals surface area contributed by atoms with Gasteiger partial charge in [0.2, 0.25) is 0 Å². The highest BCUT2D eigenvalue weighted by Gasteiger charge is 2.13. The number of aliphatic hydroxyl groups excluding tert-OH is 1. The molecule has 2 rings (SSSR count). The molecular formula is C17H22N2OS. The van der Waals surface area contributed by atoms with Crippen molar-refractivity contribution < 1.29 is 5.11 Å². The summed E-state index contributed by atoms with van der Waals surface area (Å²) in [7, 11) is 0. The molecule has 0 unspecified atom stereocenters. The van der Waals surface area contributed by atoms with Gasteiger partial charge in [0, 0.05) is 35.8 Å². The van der Waals surface area contributed by atoms with Crippen molar-refractivity contribution in [1.29, 1.82) is 0 Å². The Kier molecular flexibility index (Phi) is 6.11. The first-order valence-corrected chi connectivity index (χ1v) is 8.28. The second-order valence-corrected chi connectivity index (χ2v) is 5.64. The molecule has 0 fully saturated rings. The lowest BCUT2D eigenvalue weighted by molar-refractivity contribution is 0.301. The lowest BCUT2D eigenvalue weighted by Crippen LogP contribution is -2.27. The highest BCUT2D eigenvalue weighted by atomic mass is 32.2. The molecule has 0 spiro atoms. The maximum Gasteiger partial charge on any atom is 0.0606 e. The van der Waals surface area contributed by atoms with Gasteiger partial charge in [0.05, 0.1) is 6.61 Å². The summed E-state index contributed by atoms with van der Waals surface area (Å²) in [5.41, 5.74) is 9.44. The first-order valence-electron chi connectivity index (χ1n) is 7.05. The molecule has 21 heavy (non-hydrogen) atoms. The number of hydrogen-bond donors (Lipinski definition) is 2. The Hall–Kier alpha value is -1.49. The fraction of sp³-hybridized carbons (Fsp3) is 0.294. The van der Waals surface area contributed by atoms with Crippen molar-refractivity contribution >= 4 is 17.4 Å². The van der Waals surface area contributed by atoms with E-state index in [2.05, 4.69) is 41.5 Å². The van der Waals surface area contributed by atoms with Crippen molar-refractivity contribution in [2.75, 3.05) is 24.3 Å². The van der Waals surface area contributed by atoms with Crippen LogP contribution in [0.5, 0.6) is 0 Å². The molecule has 2 aromatic rings. The monoisotopic (exact) mass is 302 g/mol. The van der Waals surface area contributed by atoms with Crippen LogP contribution < -0.4 is 10.6 Å². The van der Waals surface area contributed by atoms with Gasteiger partial charge >= 0.3 is 0 Å². The minimum absolute atomic E-state index is 0.125. The van der Waals surface area contributed by atoms with Gasteiger partial charge < -0.3 is 15.7 Å². The van der Waals surface area contributed by atoms with Crippen LogP contribution in [0.3, 0.4) is 0 Å². The summed E-state index contributed by atoms with van der Waals surface area (Å²) in [4.78, 5) is 3.39. The zero-order chi connectivity index (χ0) is 15.1. The molecule has 0 radical (unpaired) electrons. The number of rotatable bonds is 7. The Balaban J connectivity index is 2.34. The van der Waals surface area contributed by atoms with Crippen molar-refractivity contribution in [1.82, 2.24) is 0 Å². The van der Waals surface area contributed by atoms with Gasteiger partial charge in [0.1, 0.15) is 0 Å². The van der Waals surface area contributed by atoms with Gasteiger partial charge in [-0.2, -0.15) is 0 Å². The number of anilines is 1. The Morgan fingerprint density at radius 1 is 1.10 bits per heavy atom. The number of thioether (sulfide) groups is 1. The van der Waals surface area contributed by atoms with Crippen molar-refractivity contribution in [3.63, 3.8) is 0 Å². The van der Waals surface area contributed by atoms with Gasteiger partial charge in [-0.25, -0.2) is 0 Å². The van der Waals surface area contributed by atoms with E-state index in [9.17, 15) is 5.11 Å². The van der Waals surface area contributed by atoms with Crippen molar-refractivity contribution in [2.45, 2.75) is 18.0 Å². The SMILES string of the molecule is CSc1cccc(N(CCO)Cc2ccccc2)c1CN. The average Bonchev–Trinajstić information content (AvgIpc) is 2.54. The molecule has 0 saturated carbocycles. The van der Waals surface area contributed by atoms with Gasteiger partial charge in [-0.05, 0) is 24.0 Å². The molecule has 0 amide bonds. The molecule has 0 aliphatic heterocycles. The van der Waals surface area contributed by atoms with Crippen LogP contribution in [-0.2, 0) is 13.1 Å². The molecule has 3 N–H and O–H groups in total. The highest BCUT2D eigenvalue weighted by molar-refractivity contribution is 7.98. The molecule has 2 aromatic carbocycles. The van der Waals surface area contributed by atoms with E-state index >= 15 is 0 Å². The van der Waals surface area contributed by atoms with E-state index < -0.39 is 0 Å². The van der Waals surface area contributed by atoms with E-state index in [4.69, 9.17) is 5.73 Å². The molecule has 112 valence electrons. The Morgan fingerprint density at radius 3 is 2.48 bits per heavy atom. The molecule has 0 aliphatic carbocycles. The Morgan fingerprint density at radius 2 is 1.86 bits per heavy atom. The average molecular weight is 302 g/mol. The van der Waals surface area contributed by atoms with E-state index in [1.807, 2.05) is 18.2 Å². The van der Waals surface area contributed by atoms with Crippen molar-refractivity contribution in [2.24, 2.45) is 5.73 Å². The molecule has 3 nitrogen and oxygen atoms in total. The zero-order valence-electron chi connectivity index (χ0n) is 12.3. The molecule has 4 heteroatoms.